The van der Waals surface area contributed by atoms with Gasteiger partial charge >= 0.3 is 0 Å². The Kier molecular flexibility index (Phi) is 18.7. The zero-order valence-electron chi connectivity index (χ0n) is 74.6. The number of fused-ring (bicyclic) bond motifs is 6. The third-order valence-electron chi connectivity index (χ3n) is 27.4. The van der Waals surface area contributed by atoms with Crippen molar-refractivity contribution in [2.45, 2.75) is 247 Å². The van der Waals surface area contributed by atoms with Gasteiger partial charge in [0.2, 0.25) is 0 Å². The van der Waals surface area contributed by atoms with Crippen molar-refractivity contribution in [1.82, 2.24) is 0 Å². The minimum atomic E-state index is -0.909. The highest BCUT2D eigenvalue weighted by Crippen LogP contribution is 2.76. The Morgan fingerprint density at radius 3 is 0.483 bits per heavy atom. The van der Waals surface area contributed by atoms with Crippen LogP contribution < -0.4 is 19.6 Å². The molecule has 12 aromatic carbocycles. The van der Waals surface area contributed by atoms with E-state index < -0.39 is 21.7 Å². The third-order valence-corrected chi connectivity index (χ3v) is 27.4. The Hall–Kier alpha value is -10.2. The standard InChI is InChI=1S/C112H126N4/c1-101(2,3)73-27-43-81(44-28-73)113-85-51-35-77(36-52-85)107(19,20)71-108(21,22)78-37-53-87(54-38-78)115(83-47-31-75(32-48-83)103(7,8)9)91-61-65-95-96-66-62-92-70-100(96)112(99(95)69-91,106(16,17)18)111(105(13,14)15)97-67-89(113)59-63-93(97)94-64-60-90(68-98(94)111)114(82-45-29-74(30-46-82)102(4,5)6)86-55-39-79(40-56-86)109(23,24)72-110(25,26)80-41-57-88(58-42-80)116(92)84-49-33-76(34-50-84)104(10,11)12/h27-70H,71-72H2,1-26H3. The molecule has 6 heterocycles. The molecule has 0 N–H and O–H groups in total. The molecule has 0 saturated carbocycles. The second-order valence-electron chi connectivity index (χ2n) is 43.5. The maximum absolute atomic E-state index is 2.68. The summed E-state index contributed by atoms with van der Waals surface area (Å²) in [6.45, 7) is 63.0. The molecule has 4 heteroatoms. The number of anilines is 12. The lowest BCUT2D eigenvalue weighted by atomic mass is 9.39. The molecule has 0 fully saturated rings. The van der Waals surface area contributed by atoms with E-state index >= 15 is 0 Å². The molecule has 8 aliphatic rings. The third kappa shape index (κ3) is 13.2. The summed E-state index contributed by atoms with van der Waals surface area (Å²) in [6.07, 6.45) is 1.88. The van der Waals surface area contributed by atoms with Gasteiger partial charge in [-0.05, 0) is 302 Å². The Morgan fingerprint density at radius 1 is 0.190 bits per heavy atom. The highest BCUT2D eigenvalue weighted by molar-refractivity contribution is 5.96. The van der Waals surface area contributed by atoms with E-state index in [4.69, 9.17) is 0 Å². The molecule has 4 nitrogen and oxygen atoms in total. The Balaban J connectivity index is 1.10. The molecule has 16 bridgehead atoms. The molecule has 2 aliphatic carbocycles. The maximum atomic E-state index is 2.68. The van der Waals surface area contributed by atoms with Crippen molar-refractivity contribution in [2.75, 3.05) is 19.6 Å². The average Bonchev–Trinajstić information content (AvgIpc) is 1.46. The molecule has 594 valence electrons. The van der Waals surface area contributed by atoms with Crippen molar-refractivity contribution < 1.29 is 0 Å². The second-order valence-corrected chi connectivity index (χ2v) is 43.5. The molecule has 0 amide bonds. The van der Waals surface area contributed by atoms with Crippen molar-refractivity contribution in [2.24, 2.45) is 10.8 Å². The smallest absolute Gasteiger partial charge is 0.0465 e. The normalized spacial score (nSPS) is 17.2. The minimum absolute atomic E-state index is 0.0474. The summed E-state index contributed by atoms with van der Waals surface area (Å²) in [5, 5.41) is 0. The number of hydrogen-bond acceptors (Lipinski definition) is 4. The van der Waals surface area contributed by atoms with Gasteiger partial charge in [0.05, 0.1) is 0 Å². The van der Waals surface area contributed by atoms with Gasteiger partial charge in [0.1, 0.15) is 0 Å². The fourth-order valence-electron chi connectivity index (χ4n) is 21.8. The molecule has 0 saturated heterocycles. The van der Waals surface area contributed by atoms with Gasteiger partial charge in [-0.2, -0.15) is 0 Å². The van der Waals surface area contributed by atoms with Crippen LogP contribution in [0.4, 0.5) is 68.2 Å². The molecule has 0 aromatic heterocycles. The van der Waals surface area contributed by atoms with E-state index in [-0.39, 0.29) is 43.3 Å². The van der Waals surface area contributed by atoms with Crippen LogP contribution in [-0.2, 0) is 54.1 Å². The van der Waals surface area contributed by atoms with Crippen LogP contribution in [-0.4, -0.2) is 0 Å². The van der Waals surface area contributed by atoms with Crippen molar-refractivity contribution in [3.63, 3.8) is 0 Å². The van der Waals surface area contributed by atoms with Gasteiger partial charge in [-0.1, -0.05) is 301 Å². The van der Waals surface area contributed by atoms with Crippen LogP contribution in [0.1, 0.15) is 260 Å². The Bertz CT molecular complexity index is 5010. The number of rotatable bonds is 4. The second kappa shape index (κ2) is 27.2. The first-order valence-electron chi connectivity index (χ1n) is 42.9. The molecular weight excluding hydrogens is 1400 g/mol. The summed E-state index contributed by atoms with van der Waals surface area (Å²) in [6, 6.07) is 107. The van der Waals surface area contributed by atoms with E-state index in [1.54, 1.807) is 0 Å². The topological polar surface area (TPSA) is 13.0 Å². The van der Waals surface area contributed by atoms with Crippen molar-refractivity contribution >= 4 is 68.2 Å². The lowest BCUT2D eigenvalue weighted by Crippen LogP contribution is -2.62. The van der Waals surface area contributed by atoms with E-state index in [0.717, 1.165) is 81.1 Å². The molecule has 12 aromatic rings. The lowest BCUT2D eigenvalue weighted by molar-refractivity contribution is 0.0594. The van der Waals surface area contributed by atoms with Crippen molar-refractivity contribution in [3.8, 4) is 22.3 Å². The van der Waals surface area contributed by atoms with Gasteiger partial charge in [-0.15, -0.1) is 0 Å². The molecule has 0 spiro atoms. The molecular formula is C112H126N4. The number of hydrogen-bond donors (Lipinski definition) is 0. The molecule has 0 atom stereocenters. The average molecular weight is 1530 g/mol. The van der Waals surface area contributed by atoms with Gasteiger partial charge in [0.25, 0.3) is 0 Å². The van der Waals surface area contributed by atoms with Gasteiger partial charge < -0.3 is 19.6 Å². The zero-order chi connectivity index (χ0) is 83.0. The van der Waals surface area contributed by atoms with Gasteiger partial charge in [0.15, 0.2) is 0 Å². The molecule has 6 aliphatic heterocycles. The Labute approximate surface area is 697 Å². The van der Waals surface area contributed by atoms with Crippen molar-refractivity contribution in [1.29, 1.82) is 0 Å². The first-order valence-corrected chi connectivity index (χ1v) is 42.9. The molecule has 20 rings (SSSR count). The fraction of sp³-hybridized carbons (Fsp3) is 0.357. The molecule has 116 heavy (non-hydrogen) atoms. The largest absolute Gasteiger partial charge is 0.310 e. The number of benzene rings is 12. The summed E-state index contributed by atoms with van der Waals surface area (Å²) in [4.78, 5) is 10.3. The zero-order valence-corrected chi connectivity index (χ0v) is 74.6. The summed E-state index contributed by atoms with van der Waals surface area (Å²) in [5.74, 6) is 0. The first kappa shape index (κ1) is 79.7. The van der Waals surface area contributed by atoms with E-state index in [2.05, 4.69) is 467 Å². The van der Waals surface area contributed by atoms with Gasteiger partial charge in [-0.25, -0.2) is 0 Å². The fourth-order valence-corrected chi connectivity index (χ4v) is 21.8. The Morgan fingerprint density at radius 2 is 0.336 bits per heavy atom. The van der Waals surface area contributed by atoms with Crippen LogP contribution in [0.2, 0.25) is 0 Å². The highest BCUT2D eigenvalue weighted by Gasteiger charge is 2.71. The predicted octanol–water partition coefficient (Wildman–Crippen LogP) is 32.0. The van der Waals surface area contributed by atoms with Crippen molar-refractivity contribution in [3.05, 3.63) is 334 Å². The van der Waals surface area contributed by atoms with E-state index in [9.17, 15) is 0 Å². The highest BCUT2D eigenvalue weighted by atomic mass is 15.2. The van der Waals surface area contributed by atoms with E-state index in [1.165, 1.54) is 89.0 Å². The summed E-state index contributed by atoms with van der Waals surface area (Å²) < 4.78 is 0. The number of nitrogens with zero attached hydrogens (tertiary/aromatic N) is 4. The summed E-state index contributed by atoms with van der Waals surface area (Å²) in [5.41, 5.74) is 30.2. The van der Waals surface area contributed by atoms with Gasteiger partial charge in [0, 0.05) is 79.1 Å². The predicted molar refractivity (Wildman–Crippen MR) is 499 cm³/mol. The van der Waals surface area contributed by atoms with Crippen LogP contribution in [0.15, 0.2) is 267 Å². The first-order chi connectivity index (χ1) is 54.2. The monoisotopic (exact) mass is 1530 g/mol. The SMILES string of the molecule is CC(C)(C)c1ccc(N2c3ccc(cc3)C(C)(C)CC(C)(C)c3ccc(cc3)N(c3ccc(C(C)(C)C)cc3)c3ccc4c(c3)C3(C(C)(C)C)c5cc(ccc5-4)N(c4ccc(C(C)(C)C)cc4)c4ccc(cc4)C(C)(C)CC(C)(C)c4ccc(cc4)N(c4ccc(C(C)(C)C)cc4)c4ccc5c(c4)C3(C(C)(C)C)c3cc2ccc3-5)cc1. The van der Waals surface area contributed by atoms with Crippen LogP contribution in [0, 0.1) is 10.8 Å². The quantitative estimate of drug-likeness (QED) is 0.174. The van der Waals surface area contributed by atoms with Gasteiger partial charge in [-0.3, -0.25) is 0 Å². The summed E-state index contributed by atoms with van der Waals surface area (Å²) in [7, 11) is 0. The van der Waals surface area contributed by atoms with E-state index in [0.29, 0.717) is 0 Å². The van der Waals surface area contributed by atoms with E-state index in [1.807, 2.05) is 0 Å². The summed E-state index contributed by atoms with van der Waals surface area (Å²) >= 11 is 0. The van der Waals surface area contributed by atoms with Crippen LogP contribution in [0.25, 0.3) is 22.3 Å². The minimum Gasteiger partial charge on any atom is -0.310 e. The molecule has 0 unspecified atom stereocenters. The van der Waals surface area contributed by atoms with Crippen LogP contribution in [0.3, 0.4) is 0 Å². The molecule has 0 radical (unpaired) electrons. The lowest BCUT2D eigenvalue weighted by Gasteiger charge is -2.62. The van der Waals surface area contributed by atoms with Crippen LogP contribution in [0.5, 0.6) is 0 Å². The van der Waals surface area contributed by atoms with Crippen LogP contribution >= 0.6 is 0 Å². The maximum Gasteiger partial charge on any atom is 0.0465 e.